The zero-order valence-electron chi connectivity index (χ0n) is 12.6. The highest BCUT2D eigenvalue weighted by atomic mass is 35.5. The molecule has 3 heterocycles. The van der Waals surface area contributed by atoms with Crippen LogP contribution in [-0.4, -0.2) is 26.2 Å². The van der Waals surface area contributed by atoms with Crippen LogP contribution in [-0.2, 0) is 6.54 Å². The van der Waals surface area contributed by atoms with Crippen LogP contribution in [0.5, 0.6) is 5.75 Å². The van der Waals surface area contributed by atoms with Crippen molar-refractivity contribution >= 4 is 44.3 Å². The van der Waals surface area contributed by atoms with Crippen molar-refractivity contribution in [1.29, 1.82) is 0 Å². The molecule has 0 bridgehead atoms. The van der Waals surface area contributed by atoms with Gasteiger partial charge in [-0.1, -0.05) is 23.7 Å². The third kappa shape index (κ3) is 2.44. The number of methoxy groups -OCH3 is 1. The number of halogens is 1. The average Bonchev–Trinajstić information content (AvgIpc) is 3.12. The number of aromatic nitrogens is 4. The molecule has 3 aromatic heterocycles. The standard InChI is InChI=1S/C16H13ClN4OS/c1-9-13-12-8-21(7-10-3-5-11(22-2)6-4-10)19-14(12)15(17)18-16(13)23-20-9/h3-6,8H,7H2,1-2H3. The lowest BCUT2D eigenvalue weighted by Crippen LogP contribution is -1.99. The predicted octanol–water partition coefficient (Wildman–Crippen LogP) is 4.06. The molecule has 0 aliphatic heterocycles. The molecule has 0 saturated heterocycles. The number of fused-ring (bicyclic) bond motifs is 3. The zero-order valence-corrected chi connectivity index (χ0v) is 14.1. The molecule has 1 aromatic carbocycles. The number of hydrogen-bond acceptors (Lipinski definition) is 5. The minimum atomic E-state index is 0.421. The Bertz CT molecular complexity index is 1010. The van der Waals surface area contributed by atoms with E-state index in [2.05, 4.69) is 14.5 Å². The number of aryl methyl sites for hydroxylation is 1. The van der Waals surface area contributed by atoms with Crippen molar-refractivity contribution in [1.82, 2.24) is 19.1 Å². The second kappa shape index (κ2) is 5.47. The summed E-state index contributed by atoms with van der Waals surface area (Å²) in [6.45, 7) is 2.64. The molecule has 0 aliphatic rings. The van der Waals surface area contributed by atoms with E-state index in [1.165, 1.54) is 11.5 Å². The van der Waals surface area contributed by atoms with Gasteiger partial charge in [-0.2, -0.15) is 9.47 Å². The van der Waals surface area contributed by atoms with Crippen LogP contribution in [0.1, 0.15) is 11.3 Å². The van der Waals surface area contributed by atoms with Crippen LogP contribution in [0.3, 0.4) is 0 Å². The van der Waals surface area contributed by atoms with Gasteiger partial charge < -0.3 is 4.74 Å². The van der Waals surface area contributed by atoms with Crippen LogP contribution < -0.4 is 4.74 Å². The Kier molecular flexibility index (Phi) is 3.43. The molecule has 4 rings (SSSR count). The molecule has 4 aromatic rings. The molecular formula is C16H13ClN4OS. The molecule has 0 aliphatic carbocycles. The Morgan fingerprint density at radius 3 is 2.78 bits per heavy atom. The summed E-state index contributed by atoms with van der Waals surface area (Å²) in [6, 6.07) is 7.94. The maximum atomic E-state index is 6.28. The lowest BCUT2D eigenvalue weighted by atomic mass is 10.2. The summed E-state index contributed by atoms with van der Waals surface area (Å²) in [5.41, 5.74) is 2.82. The fourth-order valence-electron chi connectivity index (χ4n) is 2.64. The quantitative estimate of drug-likeness (QED) is 0.526. The summed E-state index contributed by atoms with van der Waals surface area (Å²) in [5.74, 6) is 0.841. The molecule has 0 spiro atoms. The van der Waals surface area contributed by atoms with Crippen molar-refractivity contribution < 1.29 is 4.74 Å². The van der Waals surface area contributed by atoms with Crippen molar-refractivity contribution in [3.05, 3.63) is 46.9 Å². The smallest absolute Gasteiger partial charge is 0.158 e. The number of rotatable bonds is 3. The second-order valence-corrected chi connectivity index (χ2v) is 6.40. The molecule has 7 heteroatoms. The summed E-state index contributed by atoms with van der Waals surface area (Å²) < 4.78 is 11.4. The van der Waals surface area contributed by atoms with Crippen molar-refractivity contribution in [3.63, 3.8) is 0 Å². The Morgan fingerprint density at radius 2 is 2.04 bits per heavy atom. The van der Waals surface area contributed by atoms with Crippen molar-refractivity contribution in [2.24, 2.45) is 0 Å². The summed E-state index contributed by atoms with van der Waals surface area (Å²) in [4.78, 5) is 5.25. The molecule has 0 amide bonds. The van der Waals surface area contributed by atoms with Gasteiger partial charge in [-0.3, -0.25) is 4.68 Å². The highest BCUT2D eigenvalue weighted by molar-refractivity contribution is 7.13. The van der Waals surface area contributed by atoms with Crippen LogP contribution in [0, 0.1) is 6.92 Å². The van der Waals surface area contributed by atoms with Gasteiger partial charge in [-0.05, 0) is 36.2 Å². The van der Waals surface area contributed by atoms with Gasteiger partial charge >= 0.3 is 0 Å². The molecule has 0 N–H and O–H groups in total. The molecule has 5 nitrogen and oxygen atoms in total. The molecule has 0 saturated carbocycles. The second-order valence-electron chi connectivity index (χ2n) is 5.29. The van der Waals surface area contributed by atoms with Gasteiger partial charge in [-0.25, -0.2) is 4.98 Å². The van der Waals surface area contributed by atoms with Crippen LogP contribution in [0.25, 0.3) is 21.1 Å². The highest BCUT2D eigenvalue weighted by Crippen LogP contribution is 2.32. The summed E-state index contributed by atoms with van der Waals surface area (Å²) in [6.07, 6.45) is 2.01. The number of ether oxygens (including phenoxy) is 1. The summed E-state index contributed by atoms with van der Waals surface area (Å²) >= 11 is 7.64. The molecule has 0 radical (unpaired) electrons. The minimum absolute atomic E-state index is 0.421. The van der Waals surface area contributed by atoms with Crippen molar-refractivity contribution in [2.75, 3.05) is 7.11 Å². The molecule has 23 heavy (non-hydrogen) atoms. The van der Waals surface area contributed by atoms with Gasteiger partial charge in [0.1, 0.15) is 16.1 Å². The van der Waals surface area contributed by atoms with Crippen LogP contribution >= 0.6 is 23.1 Å². The third-order valence-corrected chi connectivity index (χ3v) is 4.87. The van der Waals surface area contributed by atoms with Gasteiger partial charge in [0.15, 0.2) is 5.15 Å². The van der Waals surface area contributed by atoms with E-state index in [9.17, 15) is 0 Å². The van der Waals surface area contributed by atoms with E-state index >= 15 is 0 Å². The Morgan fingerprint density at radius 1 is 1.26 bits per heavy atom. The van der Waals surface area contributed by atoms with E-state index in [0.717, 1.165) is 38.1 Å². The molecule has 0 atom stereocenters. The van der Waals surface area contributed by atoms with Gasteiger partial charge in [0, 0.05) is 17.0 Å². The van der Waals surface area contributed by atoms with Gasteiger partial charge in [-0.15, -0.1) is 0 Å². The lowest BCUT2D eigenvalue weighted by molar-refractivity contribution is 0.414. The Labute approximate surface area is 141 Å². The first kappa shape index (κ1) is 14.4. The third-order valence-electron chi connectivity index (χ3n) is 3.77. The SMILES string of the molecule is COc1ccc(Cn2cc3c(n2)c(Cl)nc2snc(C)c23)cc1. The monoisotopic (exact) mass is 344 g/mol. The van der Waals surface area contributed by atoms with Crippen molar-refractivity contribution in [3.8, 4) is 5.75 Å². The lowest BCUT2D eigenvalue weighted by Gasteiger charge is -2.03. The van der Waals surface area contributed by atoms with Gasteiger partial charge in [0.25, 0.3) is 0 Å². The normalized spacial score (nSPS) is 11.4. The van der Waals surface area contributed by atoms with Gasteiger partial charge in [0.2, 0.25) is 0 Å². The van der Waals surface area contributed by atoms with E-state index in [-0.39, 0.29) is 0 Å². The number of benzene rings is 1. The largest absolute Gasteiger partial charge is 0.497 e. The minimum Gasteiger partial charge on any atom is -0.497 e. The molecular weight excluding hydrogens is 332 g/mol. The fraction of sp³-hybridized carbons (Fsp3) is 0.188. The molecule has 116 valence electrons. The average molecular weight is 345 g/mol. The first-order chi connectivity index (χ1) is 11.2. The molecule has 0 fully saturated rings. The summed E-state index contributed by atoms with van der Waals surface area (Å²) in [5, 5.41) is 7.05. The zero-order chi connectivity index (χ0) is 16.0. The van der Waals surface area contributed by atoms with E-state index in [0.29, 0.717) is 11.7 Å². The Hall–Kier alpha value is -2.18. The van der Waals surface area contributed by atoms with Crippen LogP contribution in [0.15, 0.2) is 30.5 Å². The number of pyridine rings is 1. The number of nitrogens with zero attached hydrogens (tertiary/aromatic N) is 4. The fourth-order valence-corrected chi connectivity index (χ4v) is 3.71. The van der Waals surface area contributed by atoms with Gasteiger partial charge in [0.05, 0.1) is 19.3 Å². The maximum absolute atomic E-state index is 6.28. The van der Waals surface area contributed by atoms with E-state index in [1.54, 1.807) is 7.11 Å². The van der Waals surface area contributed by atoms with E-state index < -0.39 is 0 Å². The Balaban J connectivity index is 1.80. The maximum Gasteiger partial charge on any atom is 0.158 e. The first-order valence-corrected chi connectivity index (χ1v) is 8.22. The topological polar surface area (TPSA) is 52.8 Å². The first-order valence-electron chi connectivity index (χ1n) is 7.07. The van der Waals surface area contributed by atoms with E-state index in [1.807, 2.05) is 42.1 Å². The van der Waals surface area contributed by atoms with E-state index in [4.69, 9.17) is 16.3 Å². The highest BCUT2D eigenvalue weighted by Gasteiger charge is 2.15. The summed E-state index contributed by atoms with van der Waals surface area (Å²) in [7, 11) is 1.66. The van der Waals surface area contributed by atoms with Crippen molar-refractivity contribution in [2.45, 2.75) is 13.5 Å². The number of hydrogen-bond donors (Lipinski definition) is 0. The van der Waals surface area contributed by atoms with Crippen LogP contribution in [0.2, 0.25) is 5.15 Å². The predicted molar refractivity (Wildman–Crippen MR) is 92.5 cm³/mol. The van der Waals surface area contributed by atoms with Crippen LogP contribution in [0.4, 0.5) is 0 Å². The molecule has 0 unspecified atom stereocenters.